The zero-order chi connectivity index (χ0) is 23.2. The fourth-order valence-corrected chi connectivity index (χ4v) is 4.79. The molecule has 3 aromatic rings. The van der Waals surface area contributed by atoms with Crippen molar-refractivity contribution in [1.82, 2.24) is 30.3 Å². The molecule has 0 saturated carbocycles. The maximum Gasteiger partial charge on any atom is 0.255 e. The number of anilines is 1. The highest BCUT2D eigenvalue weighted by molar-refractivity contribution is 5.94. The third kappa shape index (κ3) is 3.97. The van der Waals surface area contributed by atoms with Crippen molar-refractivity contribution in [2.24, 2.45) is 5.41 Å². The summed E-state index contributed by atoms with van der Waals surface area (Å²) in [5, 5.41) is 24.2. The minimum absolute atomic E-state index is 0.0618. The van der Waals surface area contributed by atoms with Gasteiger partial charge in [-0.3, -0.25) is 14.6 Å². The van der Waals surface area contributed by atoms with E-state index in [-0.39, 0.29) is 17.4 Å². The van der Waals surface area contributed by atoms with Gasteiger partial charge in [0.25, 0.3) is 5.91 Å². The van der Waals surface area contributed by atoms with Gasteiger partial charge < -0.3 is 10.2 Å². The number of rotatable bonds is 5. The Hall–Kier alpha value is -3.67. The van der Waals surface area contributed by atoms with Crippen molar-refractivity contribution in [3.8, 4) is 6.07 Å². The number of aromatic amines is 1. The highest BCUT2D eigenvalue weighted by atomic mass is 16.1. The Labute approximate surface area is 192 Å². The summed E-state index contributed by atoms with van der Waals surface area (Å²) < 4.78 is 1.76. The number of aryl methyl sites for hydroxylation is 2. The summed E-state index contributed by atoms with van der Waals surface area (Å²) in [6, 6.07) is 6.42. The van der Waals surface area contributed by atoms with Gasteiger partial charge in [0.1, 0.15) is 5.82 Å². The normalized spacial score (nSPS) is 21.8. The lowest BCUT2D eigenvalue weighted by Gasteiger charge is -2.20. The zero-order valence-corrected chi connectivity index (χ0v) is 19.2. The van der Waals surface area contributed by atoms with Crippen LogP contribution in [0.15, 0.2) is 24.5 Å². The van der Waals surface area contributed by atoms with Gasteiger partial charge in [-0.2, -0.15) is 15.5 Å². The summed E-state index contributed by atoms with van der Waals surface area (Å²) in [5.74, 6) is 0.764. The summed E-state index contributed by atoms with van der Waals surface area (Å²) in [6.45, 7) is 8.08. The molecule has 1 aliphatic carbocycles. The van der Waals surface area contributed by atoms with Gasteiger partial charge in [0.15, 0.2) is 0 Å². The highest BCUT2D eigenvalue weighted by Crippen LogP contribution is 2.32. The molecule has 9 nitrogen and oxygen atoms in total. The topological polar surface area (TPSA) is 116 Å². The number of hydrogen-bond donors (Lipinski definition) is 2. The van der Waals surface area contributed by atoms with Crippen LogP contribution < -0.4 is 10.2 Å². The first kappa shape index (κ1) is 21.2. The zero-order valence-electron chi connectivity index (χ0n) is 19.2. The molecule has 0 spiro atoms. The van der Waals surface area contributed by atoms with Crippen LogP contribution in [-0.2, 0) is 13.0 Å². The van der Waals surface area contributed by atoms with E-state index in [0.717, 1.165) is 54.3 Å². The monoisotopic (exact) mass is 444 g/mol. The first-order chi connectivity index (χ1) is 15.8. The molecule has 2 aliphatic rings. The molecule has 1 saturated heterocycles. The Morgan fingerprint density at radius 1 is 1.39 bits per heavy atom. The third-order valence-corrected chi connectivity index (χ3v) is 6.90. The molecule has 9 heteroatoms. The van der Waals surface area contributed by atoms with E-state index in [1.165, 1.54) is 5.56 Å². The van der Waals surface area contributed by atoms with Crippen LogP contribution in [0.5, 0.6) is 0 Å². The maximum atomic E-state index is 12.8. The number of aromatic nitrogens is 5. The number of nitrogens with zero attached hydrogens (tertiary/aromatic N) is 6. The molecule has 3 aromatic heterocycles. The van der Waals surface area contributed by atoms with E-state index in [0.29, 0.717) is 18.7 Å². The molecule has 0 radical (unpaired) electrons. The fraction of sp³-hybridized carbons (Fsp3) is 0.458. The van der Waals surface area contributed by atoms with Gasteiger partial charge >= 0.3 is 0 Å². The summed E-state index contributed by atoms with van der Waals surface area (Å²) in [5.41, 5.74) is 5.43. The predicted molar refractivity (Wildman–Crippen MR) is 123 cm³/mol. The minimum Gasteiger partial charge on any atom is -0.355 e. The smallest absolute Gasteiger partial charge is 0.255 e. The van der Waals surface area contributed by atoms with Crippen LogP contribution in [0.3, 0.4) is 0 Å². The maximum absolute atomic E-state index is 12.8. The number of fused-ring (bicyclic) bond motifs is 1. The molecule has 2 atom stereocenters. The number of nitriles is 1. The van der Waals surface area contributed by atoms with Crippen LogP contribution in [0.1, 0.15) is 64.4 Å². The molecule has 2 unspecified atom stereocenters. The predicted octanol–water partition coefficient (Wildman–Crippen LogP) is 2.82. The van der Waals surface area contributed by atoms with E-state index >= 15 is 0 Å². The molecular weight excluding hydrogens is 416 g/mol. The van der Waals surface area contributed by atoms with Gasteiger partial charge in [0.05, 0.1) is 41.5 Å². The number of H-pyrrole nitrogens is 1. The Bertz CT molecular complexity index is 1250. The molecule has 33 heavy (non-hydrogen) atoms. The summed E-state index contributed by atoms with van der Waals surface area (Å²) >= 11 is 0. The fourth-order valence-electron chi connectivity index (χ4n) is 4.79. The minimum atomic E-state index is -0.309. The first-order valence-electron chi connectivity index (χ1n) is 11.3. The molecule has 1 aliphatic heterocycles. The lowest BCUT2D eigenvalue weighted by Crippen LogP contribution is -2.27. The van der Waals surface area contributed by atoms with Crippen molar-refractivity contribution in [2.45, 2.75) is 52.6 Å². The van der Waals surface area contributed by atoms with Crippen LogP contribution in [-0.4, -0.2) is 44.0 Å². The molecule has 0 bridgehead atoms. The summed E-state index contributed by atoms with van der Waals surface area (Å²) in [4.78, 5) is 19.7. The van der Waals surface area contributed by atoms with Crippen molar-refractivity contribution in [1.29, 1.82) is 5.26 Å². The van der Waals surface area contributed by atoms with E-state index in [4.69, 9.17) is 4.98 Å². The lowest BCUT2D eigenvalue weighted by molar-refractivity contribution is 0.0936. The second kappa shape index (κ2) is 8.03. The van der Waals surface area contributed by atoms with E-state index in [1.54, 1.807) is 17.1 Å². The lowest BCUT2D eigenvalue weighted by atomic mass is 9.92. The number of amides is 1. The highest BCUT2D eigenvalue weighted by Gasteiger charge is 2.34. The van der Waals surface area contributed by atoms with E-state index in [1.807, 2.05) is 26.8 Å². The Balaban J connectivity index is 1.24. The average molecular weight is 445 g/mol. The quantitative estimate of drug-likeness (QED) is 0.625. The molecule has 170 valence electrons. The summed E-state index contributed by atoms with van der Waals surface area (Å²) in [7, 11) is 0. The van der Waals surface area contributed by atoms with Gasteiger partial charge in [0, 0.05) is 30.7 Å². The van der Waals surface area contributed by atoms with Crippen LogP contribution in [0.2, 0.25) is 0 Å². The van der Waals surface area contributed by atoms with Gasteiger partial charge in [0.2, 0.25) is 0 Å². The van der Waals surface area contributed by atoms with E-state index in [2.05, 4.69) is 37.6 Å². The number of carbonyl (C=O) groups is 1. The molecule has 2 N–H and O–H groups in total. The van der Waals surface area contributed by atoms with Gasteiger partial charge in [-0.25, -0.2) is 4.98 Å². The van der Waals surface area contributed by atoms with Crippen LogP contribution in [0, 0.1) is 30.6 Å². The van der Waals surface area contributed by atoms with Gasteiger partial charge in [-0.1, -0.05) is 6.07 Å². The van der Waals surface area contributed by atoms with Crippen molar-refractivity contribution in [3.05, 3.63) is 58.3 Å². The second-order valence-corrected chi connectivity index (χ2v) is 9.46. The van der Waals surface area contributed by atoms with Crippen LogP contribution in [0.4, 0.5) is 5.82 Å². The largest absolute Gasteiger partial charge is 0.355 e. The van der Waals surface area contributed by atoms with Crippen LogP contribution >= 0.6 is 0 Å². The van der Waals surface area contributed by atoms with E-state index in [9.17, 15) is 10.1 Å². The van der Waals surface area contributed by atoms with Crippen molar-refractivity contribution < 1.29 is 4.79 Å². The third-order valence-electron chi connectivity index (χ3n) is 6.90. The Kier molecular flexibility index (Phi) is 5.16. The number of nitrogens with one attached hydrogen (secondary N) is 2. The van der Waals surface area contributed by atoms with Crippen molar-refractivity contribution in [2.75, 3.05) is 18.0 Å². The number of hydrogen-bond acceptors (Lipinski definition) is 6. The van der Waals surface area contributed by atoms with Gasteiger partial charge in [-0.15, -0.1) is 0 Å². The summed E-state index contributed by atoms with van der Waals surface area (Å²) in [6.07, 6.45) is 6.02. The first-order valence-corrected chi connectivity index (χ1v) is 11.3. The number of pyridine rings is 1. The molecule has 0 aromatic carbocycles. The Morgan fingerprint density at radius 3 is 3.00 bits per heavy atom. The molecule has 4 heterocycles. The van der Waals surface area contributed by atoms with Crippen molar-refractivity contribution in [3.63, 3.8) is 0 Å². The molecular formula is C24H28N8O. The standard InChI is InChI=1S/C24H28N8O/c1-15-17(4-7-21(27-15)31-9-8-24(3,13-25)14-31)11-32-12-18(10-26-32)23(33)28-20-6-5-19-16(2)29-30-22(19)20/h4,7,10,12,20H,5-6,8-9,11,14H2,1-3H3,(H,28,33)(H,29,30). The molecule has 1 fully saturated rings. The number of carbonyl (C=O) groups excluding carboxylic acids is 1. The Morgan fingerprint density at radius 2 is 2.24 bits per heavy atom. The van der Waals surface area contributed by atoms with E-state index < -0.39 is 0 Å². The molecule has 5 rings (SSSR count). The average Bonchev–Trinajstić information content (AvgIpc) is 3.57. The second-order valence-electron chi connectivity index (χ2n) is 9.46. The van der Waals surface area contributed by atoms with Crippen molar-refractivity contribution >= 4 is 11.7 Å². The molecule has 1 amide bonds. The van der Waals surface area contributed by atoms with Crippen LogP contribution in [0.25, 0.3) is 0 Å². The van der Waals surface area contributed by atoms with Gasteiger partial charge in [-0.05, 0) is 57.2 Å². The SMILES string of the molecule is Cc1nc(N2CCC(C)(C#N)C2)ccc1Cn1cc(C(=O)NC2CCc3c2n[nH]c3C)cn1.